The molecular weight excluding hydrogens is 158 g/mol. The zero-order chi connectivity index (χ0) is 10.3. The lowest BCUT2D eigenvalue weighted by atomic mass is 9.97. The van der Waals surface area contributed by atoms with Crippen LogP contribution in [0.4, 0.5) is 0 Å². The third-order valence-electron chi connectivity index (χ3n) is 2.82. The van der Waals surface area contributed by atoms with Crippen LogP contribution in [0.15, 0.2) is 12.7 Å². The maximum absolute atomic E-state index is 3.87. The molecule has 0 bridgehead atoms. The van der Waals surface area contributed by atoms with Crippen molar-refractivity contribution in [2.24, 2.45) is 5.92 Å². The molecule has 0 aromatic heterocycles. The summed E-state index contributed by atoms with van der Waals surface area (Å²) in [6, 6.07) is 0. The molecule has 0 rings (SSSR count). The molecule has 0 amide bonds. The Hall–Kier alpha value is -0.300. The normalized spacial score (nSPS) is 17.8. The Morgan fingerprint density at radius 1 is 1.46 bits per heavy atom. The van der Waals surface area contributed by atoms with Crippen LogP contribution in [-0.2, 0) is 0 Å². The Labute approximate surface area is 83.6 Å². The van der Waals surface area contributed by atoms with E-state index in [1.807, 2.05) is 6.08 Å². The van der Waals surface area contributed by atoms with E-state index in [1.165, 1.54) is 12.8 Å². The molecule has 13 heavy (non-hydrogen) atoms. The number of hydrogen-bond acceptors (Lipinski definition) is 1. The second-order valence-electron chi connectivity index (χ2n) is 4.25. The van der Waals surface area contributed by atoms with Gasteiger partial charge in [0.1, 0.15) is 0 Å². The predicted octanol–water partition coefficient (Wildman–Crippen LogP) is 3.37. The fourth-order valence-corrected chi connectivity index (χ4v) is 1.34. The Morgan fingerprint density at radius 2 is 2.08 bits per heavy atom. The van der Waals surface area contributed by atoms with Crippen LogP contribution in [-0.4, -0.2) is 12.1 Å². The molecule has 0 aliphatic rings. The van der Waals surface area contributed by atoms with Gasteiger partial charge in [-0.05, 0) is 32.2 Å². The second kappa shape index (κ2) is 6.20. The molecule has 0 spiro atoms. The van der Waals surface area contributed by atoms with Gasteiger partial charge in [0, 0.05) is 5.54 Å². The average Bonchev–Trinajstić information content (AvgIpc) is 2.15. The quantitative estimate of drug-likeness (QED) is 0.597. The molecule has 2 unspecified atom stereocenters. The van der Waals surface area contributed by atoms with Gasteiger partial charge in [-0.15, -0.1) is 6.58 Å². The summed E-state index contributed by atoms with van der Waals surface area (Å²) in [7, 11) is 0. The molecule has 0 radical (unpaired) electrons. The van der Waals surface area contributed by atoms with E-state index < -0.39 is 0 Å². The average molecular weight is 183 g/mol. The highest BCUT2D eigenvalue weighted by Gasteiger charge is 2.16. The van der Waals surface area contributed by atoms with Gasteiger partial charge in [0.15, 0.2) is 0 Å². The zero-order valence-corrected chi connectivity index (χ0v) is 9.69. The van der Waals surface area contributed by atoms with E-state index in [0.717, 1.165) is 18.9 Å². The minimum Gasteiger partial charge on any atom is -0.308 e. The van der Waals surface area contributed by atoms with Crippen LogP contribution in [0.1, 0.15) is 47.0 Å². The predicted molar refractivity (Wildman–Crippen MR) is 61.0 cm³/mol. The number of nitrogens with one attached hydrogen (secondary N) is 1. The van der Waals surface area contributed by atoms with E-state index in [0.29, 0.717) is 0 Å². The summed E-state index contributed by atoms with van der Waals surface area (Å²) in [4.78, 5) is 0. The van der Waals surface area contributed by atoms with Crippen LogP contribution in [0, 0.1) is 5.92 Å². The van der Waals surface area contributed by atoms with Gasteiger partial charge in [-0.25, -0.2) is 0 Å². The summed E-state index contributed by atoms with van der Waals surface area (Å²) in [5.74, 6) is 0.774. The van der Waals surface area contributed by atoms with E-state index in [-0.39, 0.29) is 5.54 Å². The van der Waals surface area contributed by atoms with Crippen molar-refractivity contribution >= 4 is 0 Å². The molecule has 0 aromatic rings. The molecule has 0 saturated carbocycles. The molecule has 0 aromatic carbocycles. The van der Waals surface area contributed by atoms with Crippen molar-refractivity contribution in [3.63, 3.8) is 0 Å². The lowest BCUT2D eigenvalue weighted by Gasteiger charge is -2.27. The van der Waals surface area contributed by atoms with Gasteiger partial charge < -0.3 is 5.32 Å². The fraction of sp³-hybridized carbons (Fsp3) is 0.833. The molecule has 78 valence electrons. The first-order chi connectivity index (χ1) is 6.08. The topological polar surface area (TPSA) is 12.0 Å². The van der Waals surface area contributed by atoms with Gasteiger partial charge in [0.2, 0.25) is 0 Å². The molecule has 2 atom stereocenters. The Kier molecular flexibility index (Phi) is 6.06. The van der Waals surface area contributed by atoms with Crippen molar-refractivity contribution in [3.05, 3.63) is 12.7 Å². The third-order valence-corrected chi connectivity index (χ3v) is 2.82. The summed E-state index contributed by atoms with van der Waals surface area (Å²) in [6.45, 7) is 13.9. The Balaban J connectivity index is 3.78. The summed E-state index contributed by atoms with van der Waals surface area (Å²) >= 11 is 0. The van der Waals surface area contributed by atoms with Gasteiger partial charge in [0.25, 0.3) is 0 Å². The van der Waals surface area contributed by atoms with Gasteiger partial charge >= 0.3 is 0 Å². The van der Waals surface area contributed by atoms with Gasteiger partial charge in [0.05, 0.1) is 0 Å². The van der Waals surface area contributed by atoms with Crippen LogP contribution < -0.4 is 5.32 Å². The Morgan fingerprint density at radius 3 is 2.46 bits per heavy atom. The molecule has 1 nitrogen and oxygen atoms in total. The molecule has 0 saturated heterocycles. The minimum absolute atomic E-state index is 0.127. The van der Waals surface area contributed by atoms with Crippen LogP contribution in [0.25, 0.3) is 0 Å². The van der Waals surface area contributed by atoms with Crippen LogP contribution in [0.2, 0.25) is 0 Å². The van der Waals surface area contributed by atoms with Crippen molar-refractivity contribution in [3.8, 4) is 0 Å². The molecule has 0 aliphatic heterocycles. The van der Waals surface area contributed by atoms with E-state index in [4.69, 9.17) is 0 Å². The number of hydrogen-bond donors (Lipinski definition) is 1. The minimum atomic E-state index is 0.127. The van der Waals surface area contributed by atoms with Crippen LogP contribution in [0.5, 0.6) is 0 Å². The molecular formula is C12H25N. The summed E-state index contributed by atoms with van der Waals surface area (Å²) in [6.07, 6.45) is 5.71. The maximum atomic E-state index is 3.87. The molecule has 0 aliphatic carbocycles. The van der Waals surface area contributed by atoms with Crippen LogP contribution in [0.3, 0.4) is 0 Å². The smallest absolute Gasteiger partial charge is 0.0330 e. The molecule has 0 fully saturated rings. The summed E-state index contributed by atoms with van der Waals surface area (Å²) in [5, 5.41) is 3.56. The largest absolute Gasteiger partial charge is 0.308 e. The second-order valence-corrected chi connectivity index (χ2v) is 4.25. The standard InChI is InChI=1S/C12H25N/c1-6-9-11(4)10-13-12(5,7-2)8-3/h7,11,13H,2,6,8-10H2,1,3-5H3. The van der Waals surface area contributed by atoms with Crippen molar-refractivity contribution < 1.29 is 0 Å². The molecule has 1 N–H and O–H groups in total. The zero-order valence-electron chi connectivity index (χ0n) is 9.69. The SMILES string of the molecule is C=CC(C)(CC)NCC(C)CCC. The van der Waals surface area contributed by atoms with Gasteiger partial charge in [-0.2, -0.15) is 0 Å². The lowest BCUT2D eigenvalue weighted by Crippen LogP contribution is -2.41. The monoisotopic (exact) mass is 183 g/mol. The summed E-state index contributed by atoms with van der Waals surface area (Å²) in [5.41, 5.74) is 0.127. The first kappa shape index (κ1) is 12.7. The molecule has 0 heterocycles. The molecule has 1 heteroatoms. The van der Waals surface area contributed by atoms with Crippen LogP contribution >= 0.6 is 0 Å². The third kappa shape index (κ3) is 5.09. The number of rotatable bonds is 7. The van der Waals surface area contributed by atoms with Crippen molar-refractivity contribution in [2.75, 3.05) is 6.54 Å². The maximum Gasteiger partial charge on any atom is 0.0330 e. The highest BCUT2D eigenvalue weighted by atomic mass is 15.0. The van der Waals surface area contributed by atoms with Gasteiger partial charge in [-0.1, -0.05) is 33.3 Å². The highest BCUT2D eigenvalue weighted by molar-refractivity contribution is 4.98. The Bertz CT molecular complexity index is 142. The van der Waals surface area contributed by atoms with Crippen molar-refractivity contribution in [2.45, 2.75) is 52.5 Å². The van der Waals surface area contributed by atoms with Gasteiger partial charge in [-0.3, -0.25) is 0 Å². The van der Waals surface area contributed by atoms with E-state index >= 15 is 0 Å². The first-order valence-electron chi connectivity index (χ1n) is 5.46. The first-order valence-corrected chi connectivity index (χ1v) is 5.46. The van der Waals surface area contributed by atoms with E-state index in [1.54, 1.807) is 0 Å². The lowest BCUT2D eigenvalue weighted by molar-refractivity contribution is 0.371. The van der Waals surface area contributed by atoms with Crippen molar-refractivity contribution in [1.82, 2.24) is 5.32 Å². The highest BCUT2D eigenvalue weighted by Crippen LogP contribution is 2.12. The van der Waals surface area contributed by atoms with Crippen molar-refractivity contribution in [1.29, 1.82) is 0 Å². The van der Waals surface area contributed by atoms with E-state index in [2.05, 4.69) is 39.6 Å². The van der Waals surface area contributed by atoms with E-state index in [9.17, 15) is 0 Å². The summed E-state index contributed by atoms with van der Waals surface area (Å²) < 4.78 is 0. The fourth-order valence-electron chi connectivity index (χ4n) is 1.34.